The number of alkyl carbamates (subject to hydrolysis) is 1. The number of aliphatic hydroxyl groups is 3. The predicted octanol–water partition coefficient (Wildman–Crippen LogP) is -1.93. The first-order chi connectivity index (χ1) is 12.9. The summed E-state index contributed by atoms with van der Waals surface area (Å²) in [6.45, 7) is -0.531. The van der Waals surface area contributed by atoms with Crippen molar-refractivity contribution in [2.45, 2.75) is 43.8 Å². The second-order valence-corrected chi connectivity index (χ2v) is 5.85. The third-order valence-corrected chi connectivity index (χ3v) is 3.78. The summed E-state index contributed by atoms with van der Waals surface area (Å²) in [4.78, 5) is 28.4. The molecule has 1 heterocycles. The van der Waals surface area contributed by atoms with Gasteiger partial charge in [-0.2, -0.15) is 0 Å². The van der Waals surface area contributed by atoms with Gasteiger partial charge in [0.25, 0.3) is 5.91 Å². The number of carbonyl (C=O) groups excluding carboxylic acids is 2. The SMILES string of the molecule is NC(NC(=O)OCc1ccccc1)C(=O)NOC1C[C@@H](O)[C@H](O)[C@@H](CO)O1. The minimum atomic E-state index is -1.46. The molecule has 0 bridgehead atoms. The number of hydrogen-bond donors (Lipinski definition) is 6. The third kappa shape index (κ3) is 6.43. The Hall–Kier alpha value is -2.28. The lowest BCUT2D eigenvalue weighted by Gasteiger charge is -2.35. The Balaban J connectivity index is 1.71. The van der Waals surface area contributed by atoms with Gasteiger partial charge < -0.3 is 30.5 Å². The highest BCUT2D eigenvalue weighted by atomic mass is 16.8. The maximum atomic E-state index is 11.8. The first-order valence-corrected chi connectivity index (χ1v) is 8.21. The molecule has 0 aliphatic carbocycles. The minimum absolute atomic E-state index is 0.0101. The molecule has 0 aromatic heterocycles. The van der Waals surface area contributed by atoms with Gasteiger partial charge in [0.2, 0.25) is 0 Å². The van der Waals surface area contributed by atoms with Gasteiger partial charge >= 0.3 is 6.09 Å². The van der Waals surface area contributed by atoms with E-state index < -0.39 is 49.4 Å². The van der Waals surface area contributed by atoms with Crippen molar-refractivity contribution < 1.29 is 39.2 Å². The lowest BCUT2D eigenvalue weighted by atomic mass is 10.0. The molecular weight excluding hydrogens is 362 g/mol. The fourth-order valence-corrected chi connectivity index (χ4v) is 2.29. The monoisotopic (exact) mass is 385 g/mol. The van der Waals surface area contributed by atoms with Crippen molar-refractivity contribution in [2.24, 2.45) is 5.73 Å². The molecule has 1 saturated heterocycles. The van der Waals surface area contributed by atoms with E-state index >= 15 is 0 Å². The maximum absolute atomic E-state index is 11.8. The molecular formula is C16H23N3O8. The smallest absolute Gasteiger partial charge is 0.409 e. The fourth-order valence-electron chi connectivity index (χ4n) is 2.29. The Bertz CT molecular complexity index is 617. The summed E-state index contributed by atoms with van der Waals surface area (Å²) in [6, 6.07) is 8.93. The van der Waals surface area contributed by atoms with Gasteiger partial charge in [0.05, 0.1) is 12.7 Å². The van der Waals surface area contributed by atoms with Crippen LogP contribution in [0.25, 0.3) is 0 Å². The molecule has 11 nitrogen and oxygen atoms in total. The van der Waals surface area contributed by atoms with Crippen LogP contribution in [-0.2, 0) is 25.7 Å². The van der Waals surface area contributed by atoms with Gasteiger partial charge in [-0.05, 0) is 5.56 Å². The summed E-state index contributed by atoms with van der Waals surface area (Å²) in [7, 11) is 0. The van der Waals surface area contributed by atoms with Gasteiger partial charge in [-0.15, -0.1) is 0 Å². The number of hydrogen-bond acceptors (Lipinski definition) is 9. The van der Waals surface area contributed by atoms with Crippen molar-refractivity contribution in [2.75, 3.05) is 6.61 Å². The van der Waals surface area contributed by atoms with E-state index in [9.17, 15) is 19.8 Å². The predicted molar refractivity (Wildman–Crippen MR) is 89.3 cm³/mol. The molecule has 0 saturated carbocycles. The van der Waals surface area contributed by atoms with Gasteiger partial charge in [0.15, 0.2) is 12.5 Å². The number of nitrogens with one attached hydrogen (secondary N) is 2. The van der Waals surface area contributed by atoms with Crippen LogP contribution in [0.4, 0.5) is 4.79 Å². The van der Waals surface area contributed by atoms with Crippen LogP contribution < -0.4 is 16.5 Å². The standard InChI is InChI=1S/C16H23N3O8/c17-14(18-16(24)25-8-9-4-2-1-3-5-9)15(23)19-27-12-6-10(21)13(22)11(7-20)26-12/h1-5,10-14,20-22H,6-8,17H2,(H,18,24)(H,19,23)/t10-,11-,12?,13+,14?/m1/s1. The molecule has 11 heteroatoms. The molecule has 1 aromatic carbocycles. The van der Waals surface area contributed by atoms with Crippen LogP contribution >= 0.6 is 0 Å². The number of rotatable bonds is 7. The Morgan fingerprint density at radius 3 is 2.67 bits per heavy atom. The number of ether oxygens (including phenoxy) is 2. The van der Waals surface area contributed by atoms with E-state index in [1.807, 2.05) is 11.5 Å². The highest BCUT2D eigenvalue weighted by Crippen LogP contribution is 2.20. The summed E-state index contributed by atoms with van der Waals surface area (Å²) in [6.07, 6.45) is -7.13. The molecule has 2 unspecified atom stereocenters. The van der Waals surface area contributed by atoms with E-state index in [4.69, 9.17) is 25.2 Å². The first kappa shape index (κ1) is 21.0. The first-order valence-electron chi connectivity index (χ1n) is 8.21. The number of nitrogens with two attached hydrogens (primary N) is 1. The molecule has 27 heavy (non-hydrogen) atoms. The fraction of sp³-hybridized carbons (Fsp3) is 0.500. The van der Waals surface area contributed by atoms with Crippen molar-refractivity contribution >= 4 is 12.0 Å². The lowest BCUT2D eigenvalue weighted by Crippen LogP contribution is -2.55. The average Bonchev–Trinajstić information content (AvgIpc) is 2.67. The van der Waals surface area contributed by atoms with Crippen LogP contribution in [0.15, 0.2) is 30.3 Å². The molecule has 2 rings (SSSR count). The Labute approximate surface area is 155 Å². The lowest BCUT2D eigenvalue weighted by molar-refractivity contribution is -0.272. The largest absolute Gasteiger partial charge is 0.445 e. The quantitative estimate of drug-likeness (QED) is 0.231. The molecule has 0 radical (unpaired) electrons. The highest BCUT2D eigenvalue weighted by molar-refractivity contribution is 5.84. The van der Waals surface area contributed by atoms with Crippen LogP contribution in [-0.4, -0.2) is 64.7 Å². The average molecular weight is 385 g/mol. The number of amides is 2. The molecule has 1 aromatic rings. The molecule has 1 aliphatic rings. The highest BCUT2D eigenvalue weighted by Gasteiger charge is 2.37. The normalized spacial score (nSPS) is 26.1. The molecule has 150 valence electrons. The van der Waals surface area contributed by atoms with Crippen LogP contribution in [0.5, 0.6) is 0 Å². The molecule has 1 fully saturated rings. The number of aliphatic hydroxyl groups excluding tert-OH is 3. The van der Waals surface area contributed by atoms with E-state index in [0.29, 0.717) is 0 Å². The molecule has 0 spiro atoms. The second-order valence-electron chi connectivity index (χ2n) is 5.85. The Morgan fingerprint density at radius 2 is 2.00 bits per heavy atom. The third-order valence-electron chi connectivity index (χ3n) is 3.78. The molecule has 1 aliphatic heterocycles. The Morgan fingerprint density at radius 1 is 1.30 bits per heavy atom. The molecule has 7 N–H and O–H groups in total. The van der Waals surface area contributed by atoms with Crippen molar-refractivity contribution in [3.8, 4) is 0 Å². The Kier molecular flexibility index (Phi) is 7.91. The van der Waals surface area contributed by atoms with Crippen molar-refractivity contribution in [1.29, 1.82) is 0 Å². The van der Waals surface area contributed by atoms with Crippen LogP contribution in [0.3, 0.4) is 0 Å². The minimum Gasteiger partial charge on any atom is -0.445 e. The summed E-state index contributed by atoms with van der Waals surface area (Å²) in [5.41, 5.74) is 8.28. The van der Waals surface area contributed by atoms with Gasteiger partial charge in [0.1, 0.15) is 18.8 Å². The topological polar surface area (TPSA) is 173 Å². The molecule has 5 atom stereocenters. The van der Waals surface area contributed by atoms with Crippen molar-refractivity contribution in [3.63, 3.8) is 0 Å². The van der Waals surface area contributed by atoms with E-state index in [0.717, 1.165) is 5.56 Å². The number of carbonyl (C=O) groups is 2. The number of hydroxylamine groups is 1. The zero-order valence-corrected chi connectivity index (χ0v) is 14.4. The summed E-state index contributed by atoms with van der Waals surface area (Å²) in [5, 5.41) is 30.5. The van der Waals surface area contributed by atoms with Gasteiger partial charge in [-0.1, -0.05) is 30.3 Å². The zero-order valence-electron chi connectivity index (χ0n) is 14.4. The zero-order chi connectivity index (χ0) is 19.8. The summed E-state index contributed by atoms with van der Waals surface area (Å²) in [5.74, 6) is -0.892. The van der Waals surface area contributed by atoms with Crippen LogP contribution in [0.2, 0.25) is 0 Å². The number of benzene rings is 1. The molecule has 2 amide bonds. The van der Waals surface area contributed by atoms with E-state index in [-0.39, 0.29) is 13.0 Å². The maximum Gasteiger partial charge on any atom is 0.409 e. The van der Waals surface area contributed by atoms with Gasteiger partial charge in [-0.25, -0.2) is 15.1 Å². The van der Waals surface area contributed by atoms with Crippen LogP contribution in [0, 0.1) is 0 Å². The van der Waals surface area contributed by atoms with E-state index in [1.165, 1.54) is 0 Å². The van der Waals surface area contributed by atoms with E-state index in [1.54, 1.807) is 24.3 Å². The van der Waals surface area contributed by atoms with Gasteiger partial charge in [0, 0.05) is 6.42 Å². The van der Waals surface area contributed by atoms with Crippen molar-refractivity contribution in [3.05, 3.63) is 35.9 Å². The van der Waals surface area contributed by atoms with Crippen molar-refractivity contribution in [1.82, 2.24) is 10.8 Å². The van der Waals surface area contributed by atoms with Gasteiger partial charge in [-0.3, -0.25) is 10.1 Å². The van der Waals surface area contributed by atoms with E-state index in [2.05, 4.69) is 5.32 Å². The summed E-state index contributed by atoms with van der Waals surface area (Å²) < 4.78 is 10.1. The van der Waals surface area contributed by atoms with Crippen LogP contribution in [0.1, 0.15) is 12.0 Å². The second kappa shape index (κ2) is 10.2. The summed E-state index contributed by atoms with van der Waals surface area (Å²) >= 11 is 0.